The number of nitrogens with zero attached hydrogens (tertiary/aromatic N) is 2. The van der Waals surface area contributed by atoms with E-state index in [4.69, 9.17) is 0 Å². The van der Waals surface area contributed by atoms with E-state index in [1.54, 1.807) is 0 Å². The van der Waals surface area contributed by atoms with Crippen LogP contribution in [0.25, 0.3) is 0 Å². The maximum atomic E-state index is 12.1. The smallest absolute Gasteiger partial charge is 0.392 e. The van der Waals surface area contributed by atoms with E-state index in [0.29, 0.717) is 19.3 Å². The molecule has 1 saturated carbocycles. The van der Waals surface area contributed by atoms with Crippen molar-refractivity contribution in [2.24, 2.45) is 11.8 Å². The van der Waals surface area contributed by atoms with Crippen LogP contribution in [-0.2, 0) is 28.7 Å². The fourth-order valence-corrected chi connectivity index (χ4v) is 3.48. The Morgan fingerprint density at radius 2 is 1.22 bits per heavy atom. The Balaban J connectivity index is 2.57. The molecule has 1 aliphatic rings. The zero-order chi connectivity index (χ0) is 24.3. The highest BCUT2D eigenvalue weighted by molar-refractivity contribution is 6.01. The molecule has 180 valence electrons. The molecule has 1 fully saturated rings. The molecule has 1 aliphatic carbocycles. The standard InChI is InChI=1S/C18H28N4O10/c1-3-31-17(25)13(21(27)28)15(23)19-9-11-6-5-7-12(8-11)10-20-16(24)14(22(29)30)18(26)32-4-2/h11-14H,3-10H2,1-2H3,(H,19,23)(H,20,24). The Kier molecular flexibility index (Phi) is 11.0. The van der Waals surface area contributed by atoms with E-state index in [0.717, 1.165) is 6.42 Å². The first-order valence-corrected chi connectivity index (χ1v) is 10.3. The summed E-state index contributed by atoms with van der Waals surface area (Å²) in [5, 5.41) is 26.9. The first-order valence-electron chi connectivity index (χ1n) is 10.3. The number of rotatable bonds is 12. The fourth-order valence-electron chi connectivity index (χ4n) is 3.48. The number of hydrogen-bond acceptors (Lipinski definition) is 10. The van der Waals surface area contributed by atoms with Crippen molar-refractivity contribution < 1.29 is 38.5 Å². The van der Waals surface area contributed by atoms with Gasteiger partial charge < -0.3 is 20.1 Å². The van der Waals surface area contributed by atoms with Crippen molar-refractivity contribution in [1.82, 2.24) is 10.6 Å². The van der Waals surface area contributed by atoms with Gasteiger partial charge >= 0.3 is 35.8 Å². The van der Waals surface area contributed by atoms with Gasteiger partial charge in [0.05, 0.1) is 13.2 Å². The van der Waals surface area contributed by atoms with Crippen molar-refractivity contribution in [3.63, 3.8) is 0 Å². The lowest BCUT2D eigenvalue weighted by molar-refractivity contribution is -0.496. The molecule has 0 aromatic carbocycles. The van der Waals surface area contributed by atoms with Crippen molar-refractivity contribution in [3.05, 3.63) is 20.2 Å². The van der Waals surface area contributed by atoms with Crippen molar-refractivity contribution in [3.8, 4) is 0 Å². The molecule has 32 heavy (non-hydrogen) atoms. The van der Waals surface area contributed by atoms with Gasteiger partial charge in [0.25, 0.3) is 0 Å². The van der Waals surface area contributed by atoms with Crippen LogP contribution in [0, 0.1) is 32.1 Å². The van der Waals surface area contributed by atoms with E-state index in [1.807, 2.05) is 0 Å². The normalized spacial score (nSPS) is 19.7. The molecule has 0 aliphatic heterocycles. The van der Waals surface area contributed by atoms with Crippen LogP contribution >= 0.6 is 0 Å². The summed E-state index contributed by atoms with van der Waals surface area (Å²) in [6.45, 7) is 2.92. The first-order chi connectivity index (χ1) is 15.1. The molecular formula is C18H28N4O10. The van der Waals surface area contributed by atoms with Crippen LogP contribution in [0.1, 0.15) is 39.5 Å². The minimum atomic E-state index is -2.14. The summed E-state index contributed by atoms with van der Waals surface area (Å²) in [5.74, 6) is -4.73. The quantitative estimate of drug-likeness (QED) is 0.165. The van der Waals surface area contributed by atoms with Crippen molar-refractivity contribution in [2.75, 3.05) is 26.3 Å². The predicted octanol–water partition coefficient (Wildman–Crippen LogP) is -0.558. The van der Waals surface area contributed by atoms with E-state index in [2.05, 4.69) is 20.1 Å². The van der Waals surface area contributed by atoms with Crippen LogP contribution < -0.4 is 10.6 Å². The molecule has 0 aromatic rings. The van der Waals surface area contributed by atoms with Gasteiger partial charge in [-0.15, -0.1) is 0 Å². The molecule has 0 bridgehead atoms. The highest BCUT2D eigenvalue weighted by Crippen LogP contribution is 2.28. The highest BCUT2D eigenvalue weighted by atomic mass is 16.6. The Morgan fingerprint density at radius 3 is 1.53 bits per heavy atom. The molecule has 14 nitrogen and oxygen atoms in total. The lowest BCUT2D eigenvalue weighted by atomic mass is 9.81. The van der Waals surface area contributed by atoms with E-state index < -0.39 is 45.7 Å². The molecule has 4 atom stereocenters. The van der Waals surface area contributed by atoms with Gasteiger partial charge in [0.2, 0.25) is 0 Å². The topological polar surface area (TPSA) is 197 Å². The van der Waals surface area contributed by atoms with E-state index in [1.165, 1.54) is 13.8 Å². The molecule has 2 amide bonds. The van der Waals surface area contributed by atoms with Crippen LogP contribution in [0.5, 0.6) is 0 Å². The SMILES string of the molecule is CCOC(=O)C(C(=O)NCC1CCCC(CNC(=O)C(C(=O)OCC)[N+](=O)[O-])C1)[N+](=O)[O-]. The molecule has 1 rings (SSSR count). The van der Waals surface area contributed by atoms with Gasteiger partial charge in [0.15, 0.2) is 0 Å². The molecule has 14 heteroatoms. The van der Waals surface area contributed by atoms with Crippen LogP contribution in [0.2, 0.25) is 0 Å². The van der Waals surface area contributed by atoms with Crippen molar-refractivity contribution in [1.29, 1.82) is 0 Å². The number of amides is 2. The summed E-state index contributed by atoms with van der Waals surface area (Å²) < 4.78 is 9.11. The number of carbonyl (C=O) groups excluding carboxylic acids is 4. The van der Waals surface area contributed by atoms with E-state index in [-0.39, 0.29) is 38.1 Å². The summed E-state index contributed by atoms with van der Waals surface area (Å²) in [5.41, 5.74) is 0. The van der Waals surface area contributed by atoms with Crippen LogP contribution in [-0.4, -0.2) is 72.0 Å². The van der Waals surface area contributed by atoms with Gasteiger partial charge in [-0.25, -0.2) is 9.59 Å². The third-order valence-corrected chi connectivity index (χ3v) is 4.96. The minimum Gasteiger partial charge on any atom is -0.460 e. The molecule has 0 heterocycles. The lowest BCUT2D eigenvalue weighted by Crippen LogP contribution is -2.48. The first kappa shape index (κ1) is 26.7. The second-order valence-electron chi connectivity index (χ2n) is 7.27. The Bertz CT molecular complexity index is 671. The Morgan fingerprint density at radius 1 is 0.844 bits per heavy atom. The molecule has 0 aromatic heterocycles. The van der Waals surface area contributed by atoms with Crippen LogP contribution in [0.3, 0.4) is 0 Å². The molecular weight excluding hydrogens is 432 g/mol. The zero-order valence-corrected chi connectivity index (χ0v) is 17.9. The fraction of sp³-hybridized carbons (Fsp3) is 0.778. The number of hydrogen-bond donors (Lipinski definition) is 2. The number of carbonyl (C=O) groups is 4. The van der Waals surface area contributed by atoms with E-state index >= 15 is 0 Å². The monoisotopic (exact) mass is 460 g/mol. The Hall–Kier alpha value is -3.32. The summed E-state index contributed by atoms with van der Waals surface area (Å²) in [7, 11) is 0. The number of esters is 2. The lowest BCUT2D eigenvalue weighted by Gasteiger charge is -2.29. The van der Waals surface area contributed by atoms with Crippen LogP contribution in [0.4, 0.5) is 0 Å². The average Bonchev–Trinajstić information content (AvgIpc) is 2.71. The number of nitro groups is 2. The third kappa shape index (κ3) is 8.07. The second kappa shape index (κ2) is 13.2. The number of nitrogens with one attached hydrogen (secondary N) is 2. The van der Waals surface area contributed by atoms with Crippen molar-refractivity contribution >= 4 is 23.8 Å². The van der Waals surface area contributed by atoms with Gasteiger partial charge in [0.1, 0.15) is 0 Å². The predicted molar refractivity (Wildman–Crippen MR) is 106 cm³/mol. The maximum Gasteiger partial charge on any atom is 0.392 e. The van der Waals surface area contributed by atoms with Crippen LogP contribution in [0.15, 0.2) is 0 Å². The van der Waals surface area contributed by atoms with Crippen molar-refractivity contribution in [2.45, 2.75) is 51.6 Å². The van der Waals surface area contributed by atoms with Gasteiger partial charge in [0, 0.05) is 22.9 Å². The number of ether oxygens (including phenoxy) is 2. The molecule has 0 radical (unpaired) electrons. The van der Waals surface area contributed by atoms with E-state index in [9.17, 15) is 39.4 Å². The maximum absolute atomic E-state index is 12.1. The van der Waals surface area contributed by atoms with Gasteiger partial charge in [-0.2, -0.15) is 0 Å². The molecule has 0 spiro atoms. The summed E-state index contributed by atoms with van der Waals surface area (Å²) in [6, 6.07) is -4.29. The minimum absolute atomic E-state index is 0.0689. The molecule has 2 N–H and O–H groups in total. The Labute approximate surface area is 183 Å². The summed E-state index contributed by atoms with van der Waals surface area (Å²) in [4.78, 5) is 67.4. The molecule has 0 saturated heterocycles. The largest absolute Gasteiger partial charge is 0.460 e. The summed E-state index contributed by atoms with van der Waals surface area (Å²) >= 11 is 0. The van der Waals surface area contributed by atoms with Gasteiger partial charge in [-0.3, -0.25) is 29.8 Å². The highest BCUT2D eigenvalue weighted by Gasteiger charge is 2.41. The molecule has 4 unspecified atom stereocenters. The van der Waals surface area contributed by atoms with Gasteiger partial charge in [-0.1, -0.05) is 6.42 Å². The van der Waals surface area contributed by atoms with Gasteiger partial charge in [-0.05, 0) is 44.9 Å². The zero-order valence-electron chi connectivity index (χ0n) is 17.9. The summed E-state index contributed by atoms with van der Waals surface area (Å²) in [6.07, 6.45) is 2.71. The average molecular weight is 460 g/mol. The third-order valence-electron chi connectivity index (χ3n) is 4.96. The second-order valence-corrected chi connectivity index (χ2v) is 7.27.